The van der Waals surface area contributed by atoms with Gasteiger partial charge in [0.2, 0.25) is 0 Å². The van der Waals surface area contributed by atoms with Crippen molar-refractivity contribution in [3.8, 4) is 0 Å². The molecule has 0 atom stereocenters. The zero-order valence-corrected chi connectivity index (χ0v) is 8.63. The summed E-state index contributed by atoms with van der Waals surface area (Å²) in [5.41, 5.74) is 0.993. The Balaban J connectivity index is 3.64. The third-order valence-electron chi connectivity index (χ3n) is 1.48. The number of hydrogen-bond donors (Lipinski definition) is 0. The molecular formula is C10H18O3. The quantitative estimate of drug-likeness (QED) is 0.361. The molecule has 0 aromatic heterocycles. The molecule has 0 saturated heterocycles. The molecule has 0 rings (SSSR count). The minimum Gasteiger partial charge on any atom is -0.466 e. The molecule has 0 unspecified atom stereocenters. The Morgan fingerprint density at radius 3 is 2.54 bits per heavy atom. The van der Waals surface area contributed by atoms with Crippen molar-refractivity contribution in [2.24, 2.45) is 0 Å². The number of rotatable bonds is 6. The average molecular weight is 186 g/mol. The molecule has 0 amide bonds. The third-order valence-corrected chi connectivity index (χ3v) is 1.48. The average Bonchev–Trinajstić information content (AvgIpc) is 2.05. The van der Waals surface area contributed by atoms with Crippen molar-refractivity contribution in [1.29, 1.82) is 0 Å². The van der Waals surface area contributed by atoms with Gasteiger partial charge in [0, 0.05) is 6.61 Å². The molecule has 0 spiro atoms. The molecule has 0 radical (unpaired) electrons. The van der Waals surface area contributed by atoms with E-state index in [1.165, 1.54) is 0 Å². The lowest BCUT2D eigenvalue weighted by molar-refractivity contribution is -0.142. The Labute approximate surface area is 79.7 Å². The van der Waals surface area contributed by atoms with E-state index >= 15 is 0 Å². The molecule has 0 bridgehead atoms. The summed E-state index contributed by atoms with van der Waals surface area (Å²) in [5, 5.41) is 0. The number of carbonyl (C=O) groups is 1. The van der Waals surface area contributed by atoms with Crippen molar-refractivity contribution in [1.82, 2.24) is 0 Å². The maximum Gasteiger partial charge on any atom is 0.309 e. The molecule has 0 aliphatic heterocycles. The molecular weight excluding hydrogens is 168 g/mol. The predicted octanol–water partition coefficient (Wildman–Crippen LogP) is 1.92. The lowest BCUT2D eigenvalue weighted by Gasteiger charge is -2.01. The lowest BCUT2D eigenvalue weighted by Crippen LogP contribution is -2.04. The minimum absolute atomic E-state index is 0.173. The second-order valence-electron chi connectivity index (χ2n) is 2.69. The second kappa shape index (κ2) is 7.80. The van der Waals surface area contributed by atoms with E-state index in [1.807, 2.05) is 19.9 Å². The van der Waals surface area contributed by atoms with E-state index in [0.717, 1.165) is 5.57 Å². The summed E-state index contributed by atoms with van der Waals surface area (Å²) >= 11 is 0. The number of carbonyl (C=O) groups excluding carboxylic acids is 1. The first-order valence-electron chi connectivity index (χ1n) is 4.59. The van der Waals surface area contributed by atoms with Gasteiger partial charge < -0.3 is 9.47 Å². The maximum absolute atomic E-state index is 11.0. The van der Waals surface area contributed by atoms with Gasteiger partial charge in [0.15, 0.2) is 0 Å². The lowest BCUT2D eigenvalue weighted by atomic mass is 10.2. The Morgan fingerprint density at radius 2 is 2.00 bits per heavy atom. The van der Waals surface area contributed by atoms with Gasteiger partial charge in [0.25, 0.3) is 0 Å². The molecule has 0 aliphatic rings. The summed E-state index contributed by atoms with van der Waals surface area (Å²) in [6, 6.07) is 0. The monoisotopic (exact) mass is 186 g/mol. The van der Waals surface area contributed by atoms with Gasteiger partial charge in [0.05, 0.1) is 19.6 Å². The molecule has 0 N–H and O–H groups in total. The van der Waals surface area contributed by atoms with Gasteiger partial charge in [-0.15, -0.1) is 0 Å². The first-order chi connectivity index (χ1) is 6.20. The standard InChI is InChI=1S/C10H18O3/c1-4-12-7-6-9(3)8-10(11)13-5-2/h6H,4-5,7-8H2,1-3H3. The highest BCUT2D eigenvalue weighted by atomic mass is 16.5. The van der Waals surface area contributed by atoms with Crippen LogP contribution in [0.15, 0.2) is 11.6 Å². The van der Waals surface area contributed by atoms with Crippen LogP contribution >= 0.6 is 0 Å². The van der Waals surface area contributed by atoms with Crippen LogP contribution in [0, 0.1) is 0 Å². The number of ether oxygens (including phenoxy) is 2. The summed E-state index contributed by atoms with van der Waals surface area (Å²) in [4.78, 5) is 11.0. The summed E-state index contributed by atoms with van der Waals surface area (Å²) in [6.45, 7) is 7.35. The SMILES string of the molecule is CCOCC=C(C)CC(=O)OCC. The van der Waals surface area contributed by atoms with Crippen molar-refractivity contribution < 1.29 is 14.3 Å². The topological polar surface area (TPSA) is 35.5 Å². The molecule has 0 fully saturated rings. The van der Waals surface area contributed by atoms with Crippen LogP contribution in [-0.4, -0.2) is 25.8 Å². The van der Waals surface area contributed by atoms with Crippen molar-refractivity contribution in [3.63, 3.8) is 0 Å². The molecule has 13 heavy (non-hydrogen) atoms. The van der Waals surface area contributed by atoms with Gasteiger partial charge in [0.1, 0.15) is 0 Å². The van der Waals surface area contributed by atoms with E-state index in [0.29, 0.717) is 26.2 Å². The Morgan fingerprint density at radius 1 is 1.31 bits per heavy atom. The molecule has 0 saturated carbocycles. The summed E-state index contributed by atoms with van der Waals surface area (Å²) in [6.07, 6.45) is 2.27. The third kappa shape index (κ3) is 7.53. The summed E-state index contributed by atoms with van der Waals surface area (Å²) in [7, 11) is 0. The highest BCUT2D eigenvalue weighted by molar-refractivity contribution is 5.72. The zero-order chi connectivity index (χ0) is 10.1. The largest absolute Gasteiger partial charge is 0.466 e. The predicted molar refractivity (Wildman–Crippen MR) is 51.5 cm³/mol. The zero-order valence-electron chi connectivity index (χ0n) is 8.63. The van der Waals surface area contributed by atoms with E-state index < -0.39 is 0 Å². The fraction of sp³-hybridized carbons (Fsp3) is 0.700. The van der Waals surface area contributed by atoms with Gasteiger partial charge in [-0.2, -0.15) is 0 Å². The first kappa shape index (κ1) is 12.2. The molecule has 0 heterocycles. The number of esters is 1. The van der Waals surface area contributed by atoms with Crippen LogP contribution in [0.5, 0.6) is 0 Å². The van der Waals surface area contributed by atoms with Crippen LogP contribution in [0.3, 0.4) is 0 Å². The fourth-order valence-corrected chi connectivity index (χ4v) is 0.831. The van der Waals surface area contributed by atoms with Gasteiger partial charge in [-0.05, 0) is 20.8 Å². The molecule has 3 nitrogen and oxygen atoms in total. The van der Waals surface area contributed by atoms with Crippen LogP contribution < -0.4 is 0 Å². The van der Waals surface area contributed by atoms with Crippen molar-refractivity contribution in [2.75, 3.05) is 19.8 Å². The molecule has 0 aromatic rings. The Bertz CT molecular complexity index is 173. The summed E-state index contributed by atoms with van der Waals surface area (Å²) < 4.78 is 9.92. The van der Waals surface area contributed by atoms with Crippen LogP contribution in [0.1, 0.15) is 27.2 Å². The van der Waals surface area contributed by atoms with Gasteiger partial charge in [-0.1, -0.05) is 11.6 Å². The van der Waals surface area contributed by atoms with E-state index in [4.69, 9.17) is 9.47 Å². The molecule has 76 valence electrons. The van der Waals surface area contributed by atoms with Crippen LogP contribution in [0.2, 0.25) is 0 Å². The van der Waals surface area contributed by atoms with Crippen molar-refractivity contribution in [2.45, 2.75) is 27.2 Å². The number of hydrogen-bond acceptors (Lipinski definition) is 3. The van der Waals surface area contributed by atoms with E-state index in [1.54, 1.807) is 6.92 Å². The van der Waals surface area contributed by atoms with Crippen molar-refractivity contribution >= 4 is 5.97 Å². The van der Waals surface area contributed by atoms with Crippen LogP contribution in [0.4, 0.5) is 0 Å². The molecule has 0 aromatic carbocycles. The highest BCUT2D eigenvalue weighted by Gasteiger charge is 2.01. The molecule has 3 heteroatoms. The van der Waals surface area contributed by atoms with Gasteiger partial charge in [-0.25, -0.2) is 0 Å². The summed E-state index contributed by atoms with van der Waals surface area (Å²) in [5.74, 6) is -0.173. The van der Waals surface area contributed by atoms with E-state index in [9.17, 15) is 4.79 Å². The maximum atomic E-state index is 11.0. The first-order valence-corrected chi connectivity index (χ1v) is 4.59. The Kier molecular flexibility index (Phi) is 7.30. The molecule has 0 aliphatic carbocycles. The Hall–Kier alpha value is -0.830. The minimum atomic E-state index is -0.173. The highest BCUT2D eigenvalue weighted by Crippen LogP contribution is 2.01. The van der Waals surface area contributed by atoms with Gasteiger partial charge >= 0.3 is 5.97 Å². The normalized spacial score (nSPS) is 11.5. The second-order valence-corrected chi connectivity index (χ2v) is 2.69. The van der Waals surface area contributed by atoms with Crippen LogP contribution in [-0.2, 0) is 14.3 Å². The van der Waals surface area contributed by atoms with Gasteiger partial charge in [-0.3, -0.25) is 4.79 Å². The smallest absolute Gasteiger partial charge is 0.309 e. The van der Waals surface area contributed by atoms with E-state index in [2.05, 4.69) is 0 Å². The van der Waals surface area contributed by atoms with E-state index in [-0.39, 0.29) is 5.97 Å². The van der Waals surface area contributed by atoms with Crippen LogP contribution in [0.25, 0.3) is 0 Å². The fourth-order valence-electron chi connectivity index (χ4n) is 0.831. The van der Waals surface area contributed by atoms with Crippen molar-refractivity contribution in [3.05, 3.63) is 11.6 Å².